The molecule has 2 aliphatic rings. The van der Waals surface area contributed by atoms with Crippen LogP contribution < -0.4 is 4.90 Å². The van der Waals surface area contributed by atoms with Gasteiger partial charge in [0, 0.05) is 18.3 Å². The van der Waals surface area contributed by atoms with Gasteiger partial charge in [0.15, 0.2) is 5.78 Å². The number of allylic oxidation sites excluding steroid dienone is 2. The summed E-state index contributed by atoms with van der Waals surface area (Å²) in [7, 11) is 2.08. The summed E-state index contributed by atoms with van der Waals surface area (Å²) < 4.78 is 0. The van der Waals surface area contributed by atoms with Crippen LogP contribution in [-0.4, -0.2) is 12.8 Å². The topological polar surface area (TPSA) is 20.3 Å². The van der Waals surface area contributed by atoms with Gasteiger partial charge in [-0.2, -0.15) is 0 Å². The lowest BCUT2D eigenvalue weighted by atomic mass is 9.84. The molecule has 2 nitrogen and oxygen atoms in total. The molecule has 0 N–H and O–H groups in total. The van der Waals surface area contributed by atoms with Crippen LogP contribution in [0.5, 0.6) is 0 Å². The van der Waals surface area contributed by atoms with Gasteiger partial charge in [-0.05, 0) is 47.2 Å². The third-order valence-electron chi connectivity index (χ3n) is 6.02. The number of ketones is 1. The fraction of sp³-hybridized carbons (Fsp3) is 0.148. The number of carbonyl (C=O) groups excluding carboxylic acids is 1. The third-order valence-corrected chi connectivity index (χ3v) is 6.02. The molecule has 29 heavy (non-hydrogen) atoms. The van der Waals surface area contributed by atoms with Gasteiger partial charge < -0.3 is 4.90 Å². The second-order valence-electron chi connectivity index (χ2n) is 7.73. The average Bonchev–Trinajstić information content (AvgIpc) is 3.20. The predicted octanol–water partition coefficient (Wildman–Crippen LogP) is 5.97. The van der Waals surface area contributed by atoms with Crippen LogP contribution in [0.3, 0.4) is 0 Å². The van der Waals surface area contributed by atoms with Crippen LogP contribution in [0.4, 0.5) is 5.69 Å². The maximum Gasteiger partial charge on any atom is 0.172 e. The van der Waals surface area contributed by atoms with Crippen molar-refractivity contribution in [3.8, 4) is 0 Å². The zero-order chi connectivity index (χ0) is 19.8. The zero-order valence-electron chi connectivity index (χ0n) is 16.5. The number of rotatable bonds is 4. The molecule has 1 aliphatic carbocycles. The molecule has 0 aromatic heterocycles. The first-order valence-corrected chi connectivity index (χ1v) is 10.1. The molecule has 0 spiro atoms. The highest BCUT2D eigenvalue weighted by Crippen LogP contribution is 2.44. The molecule has 0 unspecified atom stereocenters. The molecule has 0 radical (unpaired) electrons. The molecular formula is C27H23NO. The van der Waals surface area contributed by atoms with Gasteiger partial charge in [-0.15, -0.1) is 0 Å². The highest BCUT2D eigenvalue weighted by molar-refractivity contribution is 6.05. The number of carbonyl (C=O) groups is 1. The molecule has 142 valence electrons. The molecule has 0 atom stereocenters. The monoisotopic (exact) mass is 377 g/mol. The Hall–Kier alpha value is -3.39. The van der Waals surface area contributed by atoms with E-state index in [4.69, 9.17) is 0 Å². The van der Waals surface area contributed by atoms with Gasteiger partial charge in [-0.1, -0.05) is 78.9 Å². The molecule has 0 fully saturated rings. The number of nitrogens with zero attached hydrogens (tertiary/aromatic N) is 1. The van der Waals surface area contributed by atoms with E-state index in [9.17, 15) is 4.79 Å². The van der Waals surface area contributed by atoms with E-state index in [0.717, 1.165) is 40.9 Å². The number of fused-ring (bicyclic) bond motifs is 2. The van der Waals surface area contributed by atoms with Crippen LogP contribution >= 0.6 is 0 Å². The maximum atomic E-state index is 13.9. The van der Waals surface area contributed by atoms with Crippen LogP contribution in [-0.2, 0) is 4.79 Å². The van der Waals surface area contributed by atoms with Crippen molar-refractivity contribution in [1.29, 1.82) is 0 Å². The summed E-state index contributed by atoms with van der Waals surface area (Å²) in [5, 5.41) is 0. The predicted molar refractivity (Wildman–Crippen MR) is 119 cm³/mol. The molecule has 3 aromatic rings. The van der Waals surface area contributed by atoms with Crippen molar-refractivity contribution in [2.75, 3.05) is 11.9 Å². The Labute approximate surface area is 171 Å². The first kappa shape index (κ1) is 17.7. The maximum absolute atomic E-state index is 13.9. The minimum absolute atomic E-state index is 0.215. The summed E-state index contributed by atoms with van der Waals surface area (Å²) in [6, 6.07) is 28.7. The highest BCUT2D eigenvalue weighted by Gasteiger charge is 2.35. The van der Waals surface area contributed by atoms with Crippen LogP contribution in [0.25, 0.3) is 6.08 Å². The standard InChI is InChI=1S/C27H23NO/c1-28-24-15-9-8-14-21(24)18-22-16-17-23(26(22)28)27(29)25(19-10-4-2-5-11-19)20-12-6-3-7-13-20/h2-15,18,25H,16-17H2,1H3. The number of para-hydroxylation sites is 1. The fourth-order valence-electron chi connectivity index (χ4n) is 4.67. The molecule has 0 amide bonds. The van der Waals surface area contributed by atoms with Gasteiger partial charge in [0.1, 0.15) is 0 Å². The molecule has 3 aromatic carbocycles. The number of hydrogen-bond acceptors (Lipinski definition) is 2. The van der Waals surface area contributed by atoms with Crippen LogP contribution in [0.1, 0.15) is 35.4 Å². The largest absolute Gasteiger partial charge is 0.344 e. The number of benzene rings is 3. The van der Waals surface area contributed by atoms with Crippen molar-refractivity contribution in [3.05, 3.63) is 118 Å². The quantitative estimate of drug-likeness (QED) is 0.558. The van der Waals surface area contributed by atoms with Gasteiger partial charge in [0.25, 0.3) is 0 Å². The van der Waals surface area contributed by atoms with Crippen LogP contribution in [0.2, 0.25) is 0 Å². The van der Waals surface area contributed by atoms with E-state index in [0.29, 0.717) is 0 Å². The van der Waals surface area contributed by atoms with Crippen molar-refractivity contribution < 1.29 is 4.79 Å². The Morgan fingerprint density at radius 3 is 2.03 bits per heavy atom. The van der Waals surface area contributed by atoms with E-state index >= 15 is 0 Å². The molecule has 0 bridgehead atoms. The number of likely N-dealkylation sites (N-methyl/N-ethyl adjacent to an activating group) is 1. The number of anilines is 1. The Balaban J connectivity index is 1.63. The first-order chi connectivity index (χ1) is 14.2. The average molecular weight is 377 g/mol. The van der Waals surface area contributed by atoms with Crippen molar-refractivity contribution >= 4 is 17.5 Å². The molecule has 1 aliphatic heterocycles. The molecular weight excluding hydrogens is 354 g/mol. The summed E-state index contributed by atoms with van der Waals surface area (Å²) in [4.78, 5) is 16.2. The Kier molecular flexibility index (Phi) is 4.40. The highest BCUT2D eigenvalue weighted by atomic mass is 16.1. The van der Waals surface area contributed by atoms with Crippen LogP contribution in [0.15, 0.2) is 102 Å². The molecule has 0 saturated carbocycles. The van der Waals surface area contributed by atoms with Crippen molar-refractivity contribution in [3.63, 3.8) is 0 Å². The van der Waals surface area contributed by atoms with Crippen molar-refractivity contribution in [1.82, 2.24) is 0 Å². The molecule has 1 heterocycles. The third kappa shape index (κ3) is 3.01. The molecule has 5 rings (SSSR count). The zero-order valence-corrected chi connectivity index (χ0v) is 16.5. The normalized spacial score (nSPS) is 15.2. The van der Waals surface area contributed by atoms with Gasteiger partial charge in [-0.3, -0.25) is 4.79 Å². The Bertz CT molecular complexity index is 1090. The van der Waals surface area contributed by atoms with E-state index in [1.54, 1.807) is 0 Å². The lowest BCUT2D eigenvalue weighted by Crippen LogP contribution is -2.24. The molecule has 0 saturated heterocycles. The SMILES string of the molecule is CN1C2=C(C(=O)C(c3ccccc3)c3ccccc3)CCC2=Cc2ccccc21. The smallest absolute Gasteiger partial charge is 0.172 e. The lowest BCUT2D eigenvalue weighted by Gasteiger charge is -2.30. The van der Waals surface area contributed by atoms with E-state index in [1.807, 2.05) is 36.4 Å². The minimum Gasteiger partial charge on any atom is -0.344 e. The Morgan fingerprint density at radius 1 is 0.793 bits per heavy atom. The summed E-state index contributed by atoms with van der Waals surface area (Å²) in [6.07, 6.45) is 3.98. The second kappa shape index (κ2) is 7.21. The van der Waals surface area contributed by atoms with Crippen LogP contribution in [0, 0.1) is 0 Å². The Morgan fingerprint density at radius 2 is 1.38 bits per heavy atom. The molecule has 2 heteroatoms. The lowest BCUT2D eigenvalue weighted by molar-refractivity contribution is -0.116. The first-order valence-electron chi connectivity index (χ1n) is 10.1. The summed E-state index contributed by atoms with van der Waals surface area (Å²) >= 11 is 0. The van der Waals surface area contributed by atoms with E-state index in [-0.39, 0.29) is 11.7 Å². The number of hydrogen-bond donors (Lipinski definition) is 0. The van der Waals surface area contributed by atoms with E-state index in [1.165, 1.54) is 11.1 Å². The summed E-state index contributed by atoms with van der Waals surface area (Å²) in [6.45, 7) is 0. The van der Waals surface area contributed by atoms with Gasteiger partial charge in [0.05, 0.1) is 11.6 Å². The van der Waals surface area contributed by atoms with E-state index < -0.39 is 0 Å². The van der Waals surface area contributed by atoms with Gasteiger partial charge in [-0.25, -0.2) is 0 Å². The van der Waals surface area contributed by atoms with E-state index in [2.05, 4.69) is 66.6 Å². The number of Topliss-reactive ketones (excluding diaryl/α,β-unsaturated/α-hetero) is 1. The van der Waals surface area contributed by atoms with Crippen molar-refractivity contribution in [2.45, 2.75) is 18.8 Å². The van der Waals surface area contributed by atoms with Gasteiger partial charge >= 0.3 is 0 Å². The van der Waals surface area contributed by atoms with Gasteiger partial charge in [0.2, 0.25) is 0 Å². The minimum atomic E-state index is -0.273. The van der Waals surface area contributed by atoms with Crippen molar-refractivity contribution in [2.24, 2.45) is 0 Å². The fourth-order valence-corrected chi connectivity index (χ4v) is 4.67. The summed E-state index contributed by atoms with van der Waals surface area (Å²) in [5.41, 5.74) is 7.81. The summed E-state index contributed by atoms with van der Waals surface area (Å²) in [5.74, 6) is -0.0585. The second-order valence-corrected chi connectivity index (χ2v) is 7.73.